The van der Waals surface area contributed by atoms with Crippen molar-refractivity contribution in [1.29, 1.82) is 0 Å². The quantitative estimate of drug-likeness (QED) is 0.785. The maximum Gasteiger partial charge on any atom is 0.262 e. The second-order valence-corrected chi connectivity index (χ2v) is 7.05. The number of hydrogen-bond donors (Lipinski definition) is 1. The molecule has 3 aromatic rings. The van der Waals surface area contributed by atoms with Gasteiger partial charge in [-0.25, -0.2) is 8.42 Å². The molecule has 1 N–H and O–H groups in total. The Kier molecular flexibility index (Phi) is 3.62. The molecule has 0 saturated heterocycles. The summed E-state index contributed by atoms with van der Waals surface area (Å²) in [5.41, 5.74) is 2.53. The summed E-state index contributed by atoms with van der Waals surface area (Å²) in [5.74, 6) is 0. The van der Waals surface area contributed by atoms with Gasteiger partial charge in [0.05, 0.1) is 10.6 Å². The SMILES string of the molecule is Cc1ccc(C)c(NS(=O)(=O)c2cccc3ccccc23)c1. The molecule has 0 aliphatic carbocycles. The van der Waals surface area contributed by atoms with Gasteiger partial charge in [-0.15, -0.1) is 0 Å². The van der Waals surface area contributed by atoms with Gasteiger partial charge < -0.3 is 0 Å². The molecule has 0 saturated carbocycles. The Balaban J connectivity index is 2.11. The van der Waals surface area contributed by atoms with Crippen LogP contribution in [-0.2, 0) is 10.0 Å². The monoisotopic (exact) mass is 311 g/mol. The van der Waals surface area contributed by atoms with Crippen molar-refractivity contribution in [3.63, 3.8) is 0 Å². The number of sulfonamides is 1. The highest BCUT2D eigenvalue weighted by atomic mass is 32.2. The fraction of sp³-hybridized carbons (Fsp3) is 0.111. The van der Waals surface area contributed by atoms with E-state index in [1.54, 1.807) is 12.1 Å². The fourth-order valence-corrected chi connectivity index (χ4v) is 3.83. The zero-order valence-corrected chi connectivity index (χ0v) is 13.3. The molecule has 3 nitrogen and oxygen atoms in total. The molecule has 0 spiro atoms. The van der Waals surface area contributed by atoms with Crippen LogP contribution in [-0.4, -0.2) is 8.42 Å². The van der Waals surface area contributed by atoms with E-state index in [0.717, 1.165) is 21.9 Å². The molecule has 0 atom stereocenters. The van der Waals surface area contributed by atoms with Crippen molar-refractivity contribution in [3.05, 3.63) is 71.8 Å². The van der Waals surface area contributed by atoms with Crippen LogP contribution in [0.1, 0.15) is 11.1 Å². The maximum atomic E-state index is 12.8. The molecule has 0 aliphatic rings. The first-order chi connectivity index (χ1) is 10.5. The molecule has 0 fully saturated rings. The summed E-state index contributed by atoms with van der Waals surface area (Å²) in [6.07, 6.45) is 0. The fourth-order valence-electron chi connectivity index (χ4n) is 2.48. The van der Waals surface area contributed by atoms with Crippen molar-refractivity contribution in [3.8, 4) is 0 Å². The predicted octanol–water partition coefficient (Wildman–Crippen LogP) is 4.26. The minimum atomic E-state index is -3.63. The third-order valence-corrected chi connectivity index (χ3v) is 5.10. The van der Waals surface area contributed by atoms with E-state index in [1.807, 2.05) is 62.4 Å². The molecule has 3 aromatic carbocycles. The molecule has 0 radical (unpaired) electrons. The van der Waals surface area contributed by atoms with Crippen LogP contribution in [0.15, 0.2) is 65.6 Å². The summed E-state index contributed by atoms with van der Waals surface area (Å²) < 4.78 is 28.2. The zero-order valence-electron chi connectivity index (χ0n) is 12.5. The molecular weight excluding hydrogens is 294 g/mol. The highest BCUT2D eigenvalue weighted by Crippen LogP contribution is 2.26. The van der Waals surface area contributed by atoms with E-state index in [0.29, 0.717) is 10.6 Å². The van der Waals surface area contributed by atoms with Gasteiger partial charge in [-0.05, 0) is 42.5 Å². The number of hydrogen-bond acceptors (Lipinski definition) is 2. The van der Waals surface area contributed by atoms with Crippen LogP contribution in [0, 0.1) is 13.8 Å². The van der Waals surface area contributed by atoms with E-state index in [2.05, 4.69) is 4.72 Å². The third-order valence-electron chi connectivity index (χ3n) is 3.68. The van der Waals surface area contributed by atoms with Crippen molar-refractivity contribution < 1.29 is 8.42 Å². The first-order valence-corrected chi connectivity index (χ1v) is 8.53. The van der Waals surface area contributed by atoms with Crippen molar-refractivity contribution >= 4 is 26.5 Å². The van der Waals surface area contributed by atoms with E-state index in [9.17, 15) is 8.42 Å². The Morgan fingerprint density at radius 1 is 0.864 bits per heavy atom. The largest absolute Gasteiger partial charge is 0.279 e. The Bertz CT molecular complexity index is 941. The second-order valence-electron chi connectivity index (χ2n) is 5.40. The van der Waals surface area contributed by atoms with Gasteiger partial charge in [-0.1, -0.05) is 48.5 Å². The van der Waals surface area contributed by atoms with Crippen LogP contribution in [0.2, 0.25) is 0 Å². The summed E-state index contributed by atoms with van der Waals surface area (Å²) in [6.45, 7) is 3.83. The van der Waals surface area contributed by atoms with E-state index >= 15 is 0 Å². The van der Waals surface area contributed by atoms with Crippen molar-refractivity contribution in [2.75, 3.05) is 4.72 Å². The minimum Gasteiger partial charge on any atom is -0.279 e. The first kappa shape index (κ1) is 14.6. The zero-order chi connectivity index (χ0) is 15.7. The summed E-state index contributed by atoms with van der Waals surface area (Å²) in [4.78, 5) is 0.298. The van der Waals surface area contributed by atoms with E-state index in [4.69, 9.17) is 0 Å². The molecule has 0 unspecified atom stereocenters. The van der Waals surface area contributed by atoms with E-state index in [-0.39, 0.29) is 0 Å². The number of benzene rings is 3. The lowest BCUT2D eigenvalue weighted by molar-refractivity contribution is 0.602. The highest BCUT2D eigenvalue weighted by Gasteiger charge is 2.18. The molecule has 0 aromatic heterocycles. The van der Waals surface area contributed by atoms with E-state index in [1.165, 1.54) is 0 Å². The molecule has 0 bridgehead atoms. The smallest absolute Gasteiger partial charge is 0.262 e. The van der Waals surface area contributed by atoms with Gasteiger partial charge in [0.25, 0.3) is 10.0 Å². The normalized spacial score (nSPS) is 11.5. The summed E-state index contributed by atoms with van der Waals surface area (Å²) in [5, 5.41) is 1.63. The summed E-state index contributed by atoms with van der Waals surface area (Å²) in [7, 11) is -3.63. The Morgan fingerprint density at radius 3 is 2.41 bits per heavy atom. The van der Waals surface area contributed by atoms with Crippen molar-refractivity contribution in [2.24, 2.45) is 0 Å². The lowest BCUT2D eigenvalue weighted by Crippen LogP contribution is -2.14. The van der Waals surface area contributed by atoms with Crippen LogP contribution in [0.3, 0.4) is 0 Å². The summed E-state index contributed by atoms with van der Waals surface area (Å²) in [6, 6.07) is 18.5. The van der Waals surface area contributed by atoms with Crippen LogP contribution >= 0.6 is 0 Å². The van der Waals surface area contributed by atoms with Crippen LogP contribution in [0.5, 0.6) is 0 Å². The first-order valence-electron chi connectivity index (χ1n) is 7.05. The van der Waals surface area contributed by atoms with Crippen molar-refractivity contribution in [2.45, 2.75) is 18.7 Å². The molecule has 3 rings (SSSR count). The summed E-state index contributed by atoms with van der Waals surface area (Å²) >= 11 is 0. The van der Waals surface area contributed by atoms with Gasteiger partial charge in [0, 0.05) is 5.39 Å². The van der Waals surface area contributed by atoms with Gasteiger partial charge in [0.2, 0.25) is 0 Å². The molecule has 0 aliphatic heterocycles. The Morgan fingerprint density at radius 2 is 1.59 bits per heavy atom. The Labute approximate surface area is 130 Å². The molecular formula is C18H17NO2S. The van der Waals surface area contributed by atoms with Gasteiger partial charge in [-0.3, -0.25) is 4.72 Å². The number of anilines is 1. The van der Waals surface area contributed by atoms with Gasteiger partial charge in [0.1, 0.15) is 0 Å². The third kappa shape index (κ3) is 2.70. The lowest BCUT2D eigenvalue weighted by Gasteiger charge is -2.13. The molecule has 4 heteroatoms. The van der Waals surface area contributed by atoms with Gasteiger partial charge in [-0.2, -0.15) is 0 Å². The maximum absolute atomic E-state index is 12.8. The topological polar surface area (TPSA) is 46.2 Å². The average molecular weight is 311 g/mol. The standard InChI is InChI=1S/C18H17NO2S/c1-13-10-11-14(2)17(12-13)19-22(20,21)18-9-5-7-15-6-3-4-8-16(15)18/h3-12,19H,1-2H3. The average Bonchev–Trinajstić information content (AvgIpc) is 2.50. The van der Waals surface area contributed by atoms with Crippen LogP contribution in [0.25, 0.3) is 10.8 Å². The van der Waals surface area contributed by atoms with Crippen molar-refractivity contribution in [1.82, 2.24) is 0 Å². The Hall–Kier alpha value is -2.33. The van der Waals surface area contributed by atoms with Crippen LogP contribution in [0.4, 0.5) is 5.69 Å². The number of nitrogens with one attached hydrogen (secondary N) is 1. The van der Waals surface area contributed by atoms with Gasteiger partial charge >= 0.3 is 0 Å². The molecule has 112 valence electrons. The molecule has 0 amide bonds. The van der Waals surface area contributed by atoms with Gasteiger partial charge in [0.15, 0.2) is 0 Å². The minimum absolute atomic E-state index is 0.298. The lowest BCUT2D eigenvalue weighted by atomic mass is 10.1. The highest BCUT2D eigenvalue weighted by molar-refractivity contribution is 7.93. The molecule has 0 heterocycles. The number of rotatable bonds is 3. The number of fused-ring (bicyclic) bond motifs is 1. The number of aryl methyl sites for hydroxylation is 2. The van der Waals surface area contributed by atoms with Crippen LogP contribution < -0.4 is 4.72 Å². The van der Waals surface area contributed by atoms with E-state index < -0.39 is 10.0 Å². The second kappa shape index (κ2) is 5.46. The molecule has 22 heavy (non-hydrogen) atoms. The predicted molar refractivity (Wildman–Crippen MR) is 90.7 cm³/mol.